The molecule has 4 N–H and O–H groups in total. The van der Waals surface area contributed by atoms with Crippen LogP contribution in [-0.4, -0.2) is 43.7 Å². The first kappa shape index (κ1) is 14.9. The van der Waals surface area contributed by atoms with Crippen LogP contribution in [0.15, 0.2) is 17.1 Å². The molecule has 1 fully saturated rings. The highest BCUT2D eigenvalue weighted by Gasteiger charge is 2.62. The lowest BCUT2D eigenvalue weighted by Crippen LogP contribution is -2.49. The normalized spacial score (nSPS) is 37.2. The Morgan fingerprint density at radius 2 is 2.30 bits per heavy atom. The number of alkyl halides is 1. The van der Waals surface area contributed by atoms with Crippen molar-refractivity contribution in [2.45, 2.75) is 43.9 Å². The van der Waals surface area contributed by atoms with Gasteiger partial charge in [-0.1, -0.05) is 6.92 Å². The summed E-state index contributed by atoms with van der Waals surface area (Å²) < 4.78 is 21.2. The molecule has 0 amide bonds. The molecule has 0 radical (unpaired) electrons. The van der Waals surface area contributed by atoms with E-state index in [2.05, 4.69) is 4.98 Å². The lowest BCUT2D eigenvalue weighted by molar-refractivity contribution is -0.131. The third-order valence-corrected chi connectivity index (χ3v) is 3.83. The van der Waals surface area contributed by atoms with Gasteiger partial charge in [-0.25, -0.2) is 9.18 Å². The van der Waals surface area contributed by atoms with Crippen LogP contribution in [0.2, 0.25) is 0 Å². The standard InChI is InChI=1S/C12H18FN3O4/c1-3-12(6-17)8(18)11(2,13)9(20-12)16-5-4-7(14)15-10(16)19/h4-5,8-9,17-18H,3,6H2,1-2H3,(H2,14,15,19)/t8-,9+,11-,12+/m0/s1. The number of nitrogens with zero attached hydrogens (tertiary/aromatic N) is 2. The highest BCUT2D eigenvalue weighted by atomic mass is 19.1. The van der Waals surface area contributed by atoms with Gasteiger partial charge in [0.15, 0.2) is 11.9 Å². The zero-order valence-corrected chi connectivity index (χ0v) is 11.3. The summed E-state index contributed by atoms with van der Waals surface area (Å²) in [6, 6.07) is 1.33. The molecule has 2 heterocycles. The fraction of sp³-hybridized carbons (Fsp3) is 0.667. The van der Waals surface area contributed by atoms with Crippen molar-refractivity contribution in [2.24, 2.45) is 0 Å². The summed E-state index contributed by atoms with van der Waals surface area (Å²) in [5, 5.41) is 19.5. The summed E-state index contributed by atoms with van der Waals surface area (Å²) in [5.74, 6) is 0.00858. The fourth-order valence-corrected chi connectivity index (χ4v) is 2.50. The number of nitrogens with two attached hydrogens (primary N) is 1. The maximum Gasteiger partial charge on any atom is 0.351 e. The zero-order valence-electron chi connectivity index (χ0n) is 11.3. The molecular weight excluding hydrogens is 269 g/mol. The largest absolute Gasteiger partial charge is 0.393 e. The van der Waals surface area contributed by atoms with E-state index in [1.165, 1.54) is 12.3 Å². The maximum absolute atomic E-state index is 14.8. The molecule has 0 spiro atoms. The minimum Gasteiger partial charge on any atom is -0.393 e. The Balaban J connectivity index is 2.50. The van der Waals surface area contributed by atoms with E-state index in [0.29, 0.717) is 0 Å². The lowest BCUT2D eigenvalue weighted by atomic mass is 9.87. The summed E-state index contributed by atoms with van der Waals surface area (Å²) in [6.07, 6.45) is -1.51. The van der Waals surface area contributed by atoms with E-state index < -0.39 is 35.9 Å². The number of ether oxygens (including phenoxy) is 1. The lowest BCUT2D eigenvalue weighted by Gasteiger charge is -2.29. The van der Waals surface area contributed by atoms with E-state index in [-0.39, 0.29) is 12.2 Å². The molecule has 7 nitrogen and oxygen atoms in total. The average molecular weight is 287 g/mol. The van der Waals surface area contributed by atoms with Crippen LogP contribution in [-0.2, 0) is 4.74 Å². The number of aliphatic hydroxyl groups is 2. The Morgan fingerprint density at radius 3 is 2.75 bits per heavy atom. The van der Waals surface area contributed by atoms with Crippen molar-refractivity contribution in [3.63, 3.8) is 0 Å². The van der Waals surface area contributed by atoms with Gasteiger partial charge in [0.05, 0.1) is 6.61 Å². The first-order valence-electron chi connectivity index (χ1n) is 6.29. The zero-order chi connectivity index (χ0) is 15.1. The van der Waals surface area contributed by atoms with Gasteiger partial charge in [0.25, 0.3) is 0 Å². The first-order chi connectivity index (χ1) is 9.28. The van der Waals surface area contributed by atoms with Crippen molar-refractivity contribution in [1.82, 2.24) is 9.55 Å². The predicted octanol–water partition coefficient (Wildman–Crippen LogP) is -0.416. The van der Waals surface area contributed by atoms with E-state index in [1.54, 1.807) is 6.92 Å². The molecule has 0 aromatic carbocycles. The summed E-state index contributed by atoms with van der Waals surface area (Å²) in [7, 11) is 0. The Labute approximate surface area is 114 Å². The van der Waals surface area contributed by atoms with Crippen LogP contribution >= 0.6 is 0 Å². The Hall–Kier alpha value is -1.51. The van der Waals surface area contributed by atoms with Crippen LogP contribution in [0.4, 0.5) is 10.2 Å². The van der Waals surface area contributed by atoms with Gasteiger partial charge in [0.1, 0.15) is 17.5 Å². The SMILES string of the molecule is CC[C@]1(CO)O[C@@H](n2ccc(N)nc2=O)[C@@](C)(F)[C@@H]1O. The molecule has 0 saturated carbocycles. The van der Waals surface area contributed by atoms with Crippen LogP contribution in [0, 0.1) is 0 Å². The highest BCUT2D eigenvalue weighted by Crippen LogP contribution is 2.47. The quantitative estimate of drug-likeness (QED) is 0.696. The topological polar surface area (TPSA) is 111 Å². The van der Waals surface area contributed by atoms with E-state index >= 15 is 0 Å². The van der Waals surface area contributed by atoms with Crippen molar-refractivity contribution in [3.05, 3.63) is 22.7 Å². The second-order valence-electron chi connectivity index (χ2n) is 5.14. The van der Waals surface area contributed by atoms with E-state index in [9.17, 15) is 19.4 Å². The van der Waals surface area contributed by atoms with E-state index in [1.807, 2.05) is 0 Å². The van der Waals surface area contributed by atoms with Crippen LogP contribution in [0.3, 0.4) is 0 Å². The third kappa shape index (κ3) is 2.00. The number of rotatable bonds is 3. The monoisotopic (exact) mass is 287 g/mol. The second-order valence-corrected chi connectivity index (χ2v) is 5.14. The minimum atomic E-state index is -2.25. The van der Waals surface area contributed by atoms with Crippen molar-refractivity contribution in [2.75, 3.05) is 12.3 Å². The number of anilines is 1. The molecule has 1 aliphatic rings. The van der Waals surface area contributed by atoms with Gasteiger partial charge in [0, 0.05) is 6.20 Å². The Morgan fingerprint density at radius 1 is 1.65 bits per heavy atom. The third-order valence-electron chi connectivity index (χ3n) is 3.83. The van der Waals surface area contributed by atoms with E-state index in [4.69, 9.17) is 10.5 Å². The smallest absolute Gasteiger partial charge is 0.351 e. The molecule has 20 heavy (non-hydrogen) atoms. The first-order valence-corrected chi connectivity index (χ1v) is 6.29. The second kappa shape index (κ2) is 4.80. The Bertz CT molecular complexity index is 556. The molecule has 112 valence electrons. The molecule has 0 bridgehead atoms. The molecule has 1 aliphatic heterocycles. The number of aromatic nitrogens is 2. The summed E-state index contributed by atoms with van der Waals surface area (Å²) in [4.78, 5) is 15.3. The van der Waals surface area contributed by atoms with Crippen LogP contribution in [0.1, 0.15) is 26.5 Å². The minimum absolute atomic E-state index is 0.00858. The van der Waals surface area contributed by atoms with Crippen molar-refractivity contribution < 1.29 is 19.3 Å². The number of halogens is 1. The van der Waals surface area contributed by atoms with Gasteiger partial charge in [0.2, 0.25) is 0 Å². The molecule has 4 atom stereocenters. The molecule has 1 aromatic rings. The highest BCUT2D eigenvalue weighted by molar-refractivity contribution is 5.24. The maximum atomic E-state index is 14.8. The predicted molar refractivity (Wildman–Crippen MR) is 68.7 cm³/mol. The van der Waals surface area contributed by atoms with Crippen LogP contribution in [0.5, 0.6) is 0 Å². The molecule has 1 saturated heterocycles. The summed E-state index contributed by atoms with van der Waals surface area (Å²) in [6.45, 7) is 2.22. The number of hydrogen-bond acceptors (Lipinski definition) is 6. The van der Waals surface area contributed by atoms with Gasteiger partial charge in [-0.3, -0.25) is 4.57 Å². The summed E-state index contributed by atoms with van der Waals surface area (Å²) >= 11 is 0. The molecule has 0 unspecified atom stereocenters. The molecule has 0 aliphatic carbocycles. The number of nitrogen functional groups attached to an aromatic ring is 1. The molecule has 1 aromatic heterocycles. The molecular formula is C12H18FN3O4. The average Bonchev–Trinajstić information content (AvgIpc) is 2.60. The van der Waals surface area contributed by atoms with Gasteiger partial charge >= 0.3 is 5.69 Å². The number of aliphatic hydroxyl groups excluding tert-OH is 2. The number of hydrogen-bond donors (Lipinski definition) is 3. The van der Waals surface area contributed by atoms with E-state index in [0.717, 1.165) is 11.5 Å². The van der Waals surface area contributed by atoms with Crippen LogP contribution in [0.25, 0.3) is 0 Å². The van der Waals surface area contributed by atoms with Gasteiger partial charge in [-0.05, 0) is 19.4 Å². The van der Waals surface area contributed by atoms with Crippen molar-refractivity contribution in [1.29, 1.82) is 0 Å². The molecule has 8 heteroatoms. The fourth-order valence-electron chi connectivity index (χ4n) is 2.50. The Kier molecular flexibility index (Phi) is 3.57. The summed E-state index contributed by atoms with van der Waals surface area (Å²) in [5.41, 5.74) is 0.898. The van der Waals surface area contributed by atoms with Crippen molar-refractivity contribution >= 4 is 5.82 Å². The van der Waals surface area contributed by atoms with Gasteiger partial charge in [-0.2, -0.15) is 4.98 Å². The van der Waals surface area contributed by atoms with Crippen LogP contribution < -0.4 is 11.4 Å². The van der Waals surface area contributed by atoms with Gasteiger partial charge in [-0.15, -0.1) is 0 Å². The van der Waals surface area contributed by atoms with Gasteiger partial charge < -0.3 is 20.7 Å². The van der Waals surface area contributed by atoms with Crippen molar-refractivity contribution in [3.8, 4) is 0 Å². The molecule has 2 rings (SSSR count).